The second kappa shape index (κ2) is 9.66. The van der Waals surface area contributed by atoms with Crippen LogP contribution < -0.4 is 10.6 Å². The number of aryl methyl sites for hydroxylation is 2. The quantitative estimate of drug-likeness (QED) is 0.436. The Kier molecular flexibility index (Phi) is 7.01. The van der Waals surface area contributed by atoms with E-state index in [0.29, 0.717) is 12.5 Å². The molecule has 152 valence electrons. The third-order valence-corrected chi connectivity index (χ3v) is 4.86. The summed E-state index contributed by atoms with van der Waals surface area (Å²) in [5.41, 5.74) is 1.01. The van der Waals surface area contributed by atoms with E-state index in [1.54, 1.807) is 12.1 Å². The van der Waals surface area contributed by atoms with Crippen molar-refractivity contribution in [2.24, 2.45) is 4.99 Å². The summed E-state index contributed by atoms with van der Waals surface area (Å²) < 4.78 is 15.3. The van der Waals surface area contributed by atoms with Crippen molar-refractivity contribution in [2.75, 3.05) is 13.1 Å². The highest BCUT2D eigenvalue weighted by Crippen LogP contribution is 2.17. The van der Waals surface area contributed by atoms with Crippen molar-refractivity contribution in [1.29, 1.82) is 0 Å². The number of benzene rings is 1. The summed E-state index contributed by atoms with van der Waals surface area (Å²) >= 11 is 0. The number of nitrogens with zero attached hydrogens (tertiary/aromatic N) is 4. The van der Waals surface area contributed by atoms with Crippen LogP contribution in [0, 0.1) is 5.82 Å². The summed E-state index contributed by atoms with van der Waals surface area (Å²) in [7, 11) is 0. The lowest BCUT2D eigenvalue weighted by Crippen LogP contribution is -2.47. The van der Waals surface area contributed by atoms with Crippen LogP contribution in [0.4, 0.5) is 4.39 Å². The van der Waals surface area contributed by atoms with E-state index >= 15 is 0 Å². The molecule has 6 nitrogen and oxygen atoms in total. The predicted molar refractivity (Wildman–Crippen MR) is 110 cm³/mol. The van der Waals surface area contributed by atoms with E-state index < -0.39 is 0 Å². The Balaban J connectivity index is 1.52. The number of fused-ring (bicyclic) bond motifs is 1. The number of hydrogen-bond acceptors (Lipinski definition) is 3. The number of aromatic nitrogens is 3. The van der Waals surface area contributed by atoms with E-state index in [1.807, 2.05) is 10.7 Å². The van der Waals surface area contributed by atoms with Gasteiger partial charge < -0.3 is 10.6 Å². The number of nitrogens with one attached hydrogen (secondary N) is 2. The van der Waals surface area contributed by atoms with Crippen LogP contribution in [0.3, 0.4) is 0 Å². The predicted octanol–water partition coefficient (Wildman–Crippen LogP) is 3.04. The second-order valence-corrected chi connectivity index (χ2v) is 7.60. The fourth-order valence-corrected chi connectivity index (χ4v) is 3.37. The van der Waals surface area contributed by atoms with Gasteiger partial charge in [-0.05, 0) is 43.9 Å². The van der Waals surface area contributed by atoms with Crippen molar-refractivity contribution < 1.29 is 4.39 Å². The molecule has 0 saturated heterocycles. The van der Waals surface area contributed by atoms with E-state index in [1.165, 1.54) is 6.07 Å². The first-order valence-electron chi connectivity index (χ1n) is 10.3. The fraction of sp³-hybridized carbons (Fsp3) is 0.571. The van der Waals surface area contributed by atoms with Crippen molar-refractivity contribution in [3.63, 3.8) is 0 Å². The molecule has 0 bridgehead atoms. The van der Waals surface area contributed by atoms with E-state index in [2.05, 4.69) is 46.5 Å². The zero-order chi connectivity index (χ0) is 19.9. The molecular formula is C21H31FN6. The average Bonchev–Trinajstić information content (AvgIpc) is 3.09. The molecule has 0 aliphatic carbocycles. The molecule has 1 unspecified atom stereocenters. The van der Waals surface area contributed by atoms with Crippen molar-refractivity contribution in [1.82, 2.24) is 25.4 Å². The van der Waals surface area contributed by atoms with Gasteiger partial charge in [-0.3, -0.25) is 4.99 Å². The summed E-state index contributed by atoms with van der Waals surface area (Å²) in [6.07, 6.45) is 3.65. The number of hydrogen-bond donors (Lipinski definition) is 2. The Hall–Kier alpha value is -2.44. The van der Waals surface area contributed by atoms with Gasteiger partial charge in [-0.15, -0.1) is 0 Å². The van der Waals surface area contributed by atoms with Gasteiger partial charge in [0.05, 0.1) is 6.54 Å². The number of halogens is 1. The monoisotopic (exact) mass is 386 g/mol. The van der Waals surface area contributed by atoms with Crippen molar-refractivity contribution in [2.45, 2.75) is 65.0 Å². The minimum atomic E-state index is -0.179. The highest BCUT2D eigenvalue weighted by atomic mass is 19.1. The molecule has 1 atom stereocenters. The Morgan fingerprint density at radius 2 is 2.25 bits per heavy atom. The van der Waals surface area contributed by atoms with Crippen LogP contribution in [-0.2, 0) is 19.4 Å². The van der Waals surface area contributed by atoms with Crippen molar-refractivity contribution >= 4 is 5.96 Å². The van der Waals surface area contributed by atoms with E-state index in [9.17, 15) is 4.39 Å². The summed E-state index contributed by atoms with van der Waals surface area (Å²) in [6.45, 7) is 8.63. The van der Waals surface area contributed by atoms with Crippen LogP contribution in [0.2, 0.25) is 0 Å². The first-order chi connectivity index (χ1) is 13.5. The molecule has 2 heterocycles. The molecule has 0 spiro atoms. The molecule has 1 aliphatic heterocycles. The lowest BCUT2D eigenvalue weighted by atomic mass is 10.1. The Morgan fingerprint density at radius 1 is 1.39 bits per heavy atom. The minimum Gasteiger partial charge on any atom is -0.357 e. The van der Waals surface area contributed by atoms with Gasteiger partial charge in [0.25, 0.3) is 0 Å². The molecule has 0 radical (unpaired) electrons. The van der Waals surface area contributed by atoms with Gasteiger partial charge >= 0.3 is 0 Å². The topological polar surface area (TPSA) is 67.1 Å². The van der Waals surface area contributed by atoms with Gasteiger partial charge in [0, 0.05) is 31.5 Å². The molecule has 7 heteroatoms. The zero-order valence-corrected chi connectivity index (χ0v) is 17.1. The summed E-state index contributed by atoms with van der Waals surface area (Å²) in [4.78, 5) is 9.34. The Morgan fingerprint density at radius 3 is 3.00 bits per heavy atom. The van der Waals surface area contributed by atoms with Crippen LogP contribution in [0.15, 0.2) is 29.3 Å². The van der Waals surface area contributed by atoms with Gasteiger partial charge in [0.15, 0.2) is 11.8 Å². The van der Waals surface area contributed by atoms with Gasteiger partial charge in [-0.2, -0.15) is 5.10 Å². The Labute approximate surface area is 166 Å². The molecular weight excluding hydrogens is 355 g/mol. The largest absolute Gasteiger partial charge is 0.357 e. The lowest BCUT2D eigenvalue weighted by molar-refractivity contribution is 0.391. The molecule has 2 N–H and O–H groups in total. The van der Waals surface area contributed by atoms with E-state index in [-0.39, 0.29) is 11.9 Å². The maximum absolute atomic E-state index is 13.3. The summed E-state index contributed by atoms with van der Waals surface area (Å²) in [6, 6.07) is 7.07. The van der Waals surface area contributed by atoms with Crippen molar-refractivity contribution in [3.8, 4) is 0 Å². The smallest absolute Gasteiger partial charge is 0.191 e. The molecule has 0 fully saturated rings. The number of guanidine groups is 1. The minimum absolute atomic E-state index is 0.179. The lowest BCUT2D eigenvalue weighted by Gasteiger charge is -2.25. The highest BCUT2D eigenvalue weighted by molar-refractivity contribution is 5.80. The number of rotatable bonds is 7. The Bertz CT molecular complexity index is 798. The van der Waals surface area contributed by atoms with Crippen molar-refractivity contribution in [3.05, 3.63) is 47.3 Å². The summed E-state index contributed by atoms with van der Waals surface area (Å²) in [5.74, 6) is 3.01. The normalized spacial score (nSPS) is 16.9. The van der Waals surface area contributed by atoms with Crippen LogP contribution in [0.5, 0.6) is 0 Å². The maximum atomic E-state index is 13.3. The molecule has 0 saturated carbocycles. The molecule has 0 amide bonds. The molecule has 1 aromatic carbocycles. The van der Waals surface area contributed by atoms with Crippen LogP contribution in [0.1, 0.15) is 56.7 Å². The van der Waals surface area contributed by atoms with Gasteiger partial charge in [0.2, 0.25) is 0 Å². The first kappa shape index (κ1) is 20.3. The second-order valence-electron chi connectivity index (χ2n) is 7.60. The third kappa shape index (κ3) is 5.53. The third-order valence-electron chi connectivity index (χ3n) is 4.86. The first-order valence-corrected chi connectivity index (χ1v) is 10.3. The molecule has 28 heavy (non-hydrogen) atoms. The number of aliphatic imine (C=N–C) groups is 1. The average molecular weight is 387 g/mol. The van der Waals surface area contributed by atoms with Crippen LogP contribution >= 0.6 is 0 Å². The molecule has 1 aliphatic rings. The van der Waals surface area contributed by atoms with E-state index in [0.717, 1.165) is 61.9 Å². The van der Waals surface area contributed by atoms with Gasteiger partial charge in [-0.1, -0.05) is 26.0 Å². The molecule has 3 rings (SSSR count). The van der Waals surface area contributed by atoms with E-state index in [4.69, 9.17) is 0 Å². The van der Waals surface area contributed by atoms with Crippen LogP contribution in [-0.4, -0.2) is 39.9 Å². The van der Waals surface area contributed by atoms with Gasteiger partial charge in [-0.25, -0.2) is 14.1 Å². The van der Waals surface area contributed by atoms with Crippen LogP contribution in [0.25, 0.3) is 0 Å². The van der Waals surface area contributed by atoms with Gasteiger partial charge in [0.1, 0.15) is 11.6 Å². The fourth-order valence-electron chi connectivity index (χ4n) is 3.37. The summed E-state index contributed by atoms with van der Waals surface area (Å²) in [5, 5.41) is 11.5. The molecule has 1 aromatic heterocycles. The maximum Gasteiger partial charge on any atom is 0.191 e. The highest BCUT2D eigenvalue weighted by Gasteiger charge is 2.23. The standard InChI is InChI=1S/C21H31FN6/c1-4-23-21(24-12-6-8-16-7-5-9-17(22)13-16)25-18-10-11-19-26-20(15(2)3)27-28(19)14-18/h5,7,9,13,15,18H,4,6,8,10-12,14H2,1-3H3,(H2,23,24,25). The SMILES string of the molecule is CCNC(=NCCCc1cccc(F)c1)NC1CCc2nc(C(C)C)nn2C1. The molecule has 2 aromatic rings. The zero-order valence-electron chi connectivity index (χ0n) is 17.1.